The normalized spacial score (nSPS) is 11.6. The molecule has 1 heterocycles. The van der Waals surface area contributed by atoms with Gasteiger partial charge in [0.05, 0.1) is 22.2 Å². The van der Waals surface area contributed by atoms with E-state index in [1.165, 1.54) is 18.3 Å². The van der Waals surface area contributed by atoms with Crippen molar-refractivity contribution in [3.05, 3.63) is 45.0 Å². The molecule has 1 aromatic heterocycles. The van der Waals surface area contributed by atoms with Crippen LogP contribution in [0.5, 0.6) is 5.88 Å². The zero-order valence-corrected chi connectivity index (χ0v) is 12.7. The molecule has 21 heavy (non-hydrogen) atoms. The summed E-state index contributed by atoms with van der Waals surface area (Å²) in [5.41, 5.74) is -0.414. The van der Waals surface area contributed by atoms with Gasteiger partial charge in [0.1, 0.15) is 5.56 Å². The van der Waals surface area contributed by atoms with Crippen LogP contribution < -0.4 is 4.74 Å². The quantitative estimate of drug-likeness (QED) is 0.640. The van der Waals surface area contributed by atoms with E-state index in [2.05, 4.69) is 9.72 Å². The summed E-state index contributed by atoms with van der Waals surface area (Å²) in [5, 5.41) is 0.423. The van der Waals surface area contributed by atoms with Crippen LogP contribution in [0.1, 0.15) is 5.56 Å². The van der Waals surface area contributed by atoms with Crippen molar-refractivity contribution in [3.63, 3.8) is 0 Å². The topological polar surface area (TPSA) is 22.1 Å². The highest BCUT2D eigenvalue weighted by molar-refractivity contribution is 6.48. The molecule has 0 saturated heterocycles. The molecule has 1 aromatic carbocycles. The molecule has 0 aliphatic rings. The van der Waals surface area contributed by atoms with Crippen molar-refractivity contribution in [2.24, 2.45) is 0 Å². The van der Waals surface area contributed by atoms with Crippen LogP contribution in [-0.2, 0) is 6.18 Å². The zero-order valence-electron chi connectivity index (χ0n) is 10.4. The van der Waals surface area contributed by atoms with Crippen molar-refractivity contribution in [3.8, 4) is 17.0 Å². The molecule has 0 saturated carbocycles. The molecule has 0 aliphatic heterocycles. The van der Waals surface area contributed by atoms with Gasteiger partial charge in [-0.25, -0.2) is 4.98 Å². The maximum absolute atomic E-state index is 13.0. The van der Waals surface area contributed by atoms with E-state index in [-0.39, 0.29) is 20.6 Å². The third-order valence-corrected chi connectivity index (χ3v) is 3.86. The Bertz CT molecular complexity index is 666. The third kappa shape index (κ3) is 3.36. The predicted octanol–water partition coefficient (Wildman–Crippen LogP) is 5.74. The van der Waals surface area contributed by atoms with Crippen molar-refractivity contribution in [1.29, 1.82) is 0 Å². The highest BCUT2D eigenvalue weighted by atomic mass is 35.5. The fourth-order valence-electron chi connectivity index (χ4n) is 1.70. The SMILES string of the molecule is COc1ncc(-c2cc(Cl)c(Cl)c(Cl)c2)cc1C(F)(F)F. The summed E-state index contributed by atoms with van der Waals surface area (Å²) in [6.07, 6.45) is -3.35. The summed E-state index contributed by atoms with van der Waals surface area (Å²) in [4.78, 5) is 3.66. The van der Waals surface area contributed by atoms with Gasteiger partial charge in [-0.05, 0) is 23.8 Å². The van der Waals surface area contributed by atoms with Crippen LogP contribution in [0.25, 0.3) is 11.1 Å². The number of benzene rings is 1. The van der Waals surface area contributed by atoms with E-state index < -0.39 is 17.6 Å². The van der Waals surface area contributed by atoms with Crippen LogP contribution in [-0.4, -0.2) is 12.1 Å². The number of alkyl halides is 3. The van der Waals surface area contributed by atoms with Gasteiger partial charge in [0.2, 0.25) is 5.88 Å². The second kappa shape index (κ2) is 5.91. The summed E-state index contributed by atoms with van der Waals surface area (Å²) in [5.74, 6) is -0.502. The molecule has 0 atom stereocenters. The highest BCUT2D eigenvalue weighted by Gasteiger charge is 2.35. The Balaban J connectivity index is 2.61. The van der Waals surface area contributed by atoms with E-state index in [9.17, 15) is 13.2 Å². The molecule has 8 heteroatoms. The van der Waals surface area contributed by atoms with Gasteiger partial charge in [0, 0.05) is 11.8 Å². The summed E-state index contributed by atoms with van der Waals surface area (Å²) < 4.78 is 43.5. The minimum Gasteiger partial charge on any atom is -0.481 e. The predicted molar refractivity (Wildman–Crippen MR) is 76.3 cm³/mol. The Labute approximate surface area is 133 Å². The number of pyridine rings is 1. The number of nitrogens with zero attached hydrogens (tertiary/aromatic N) is 1. The van der Waals surface area contributed by atoms with Gasteiger partial charge in [-0.2, -0.15) is 13.2 Å². The minimum absolute atomic E-state index is 0.139. The second-order valence-corrected chi connectivity index (χ2v) is 5.22. The lowest BCUT2D eigenvalue weighted by Gasteiger charge is -2.13. The number of aromatic nitrogens is 1. The maximum atomic E-state index is 13.0. The van der Waals surface area contributed by atoms with E-state index in [0.717, 1.165) is 13.2 Å². The lowest BCUT2D eigenvalue weighted by atomic mass is 10.1. The summed E-state index contributed by atoms with van der Waals surface area (Å²) in [7, 11) is 1.12. The number of ether oxygens (including phenoxy) is 1. The summed E-state index contributed by atoms with van der Waals surface area (Å²) in [6, 6.07) is 3.75. The third-order valence-electron chi connectivity index (χ3n) is 2.67. The first-order valence-electron chi connectivity index (χ1n) is 5.50. The first kappa shape index (κ1) is 16.2. The van der Waals surface area contributed by atoms with Crippen LogP contribution >= 0.6 is 34.8 Å². The van der Waals surface area contributed by atoms with Crippen LogP contribution in [0, 0.1) is 0 Å². The molecule has 2 nitrogen and oxygen atoms in total. The molecular formula is C13H7Cl3F3NO. The molecular weight excluding hydrogens is 350 g/mol. The van der Waals surface area contributed by atoms with Crippen molar-refractivity contribution in [1.82, 2.24) is 4.98 Å². The monoisotopic (exact) mass is 355 g/mol. The van der Waals surface area contributed by atoms with E-state index in [4.69, 9.17) is 34.8 Å². The van der Waals surface area contributed by atoms with Gasteiger partial charge in [-0.3, -0.25) is 0 Å². The van der Waals surface area contributed by atoms with Crippen molar-refractivity contribution >= 4 is 34.8 Å². The van der Waals surface area contributed by atoms with Gasteiger partial charge in [0.15, 0.2) is 0 Å². The Hall–Kier alpha value is -1.17. The molecule has 0 fully saturated rings. The van der Waals surface area contributed by atoms with Crippen molar-refractivity contribution in [2.75, 3.05) is 7.11 Å². The fourth-order valence-corrected chi connectivity index (χ4v) is 2.29. The molecule has 0 unspecified atom stereocenters. The van der Waals surface area contributed by atoms with Crippen LogP contribution in [0.2, 0.25) is 15.1 Å². The number of hydrogen-bond acceptors (Lipinski definition) is 2. The van der Waals surface area contributed by atoms with Gasteiger partial charge in [-0.15, -0.1) is 0 Å². The fraction of sp³-hybridized carbons (Fsp3) is 0.154. The Kier molecular flexibility index (Phi) is 4.56. The van der Waals surface area contributed by atoms with Gasteiger partial charge >= 0.3 is 6.18 Å². The molecule has 0 amide bonds. The molecule has 2 rings (SSSR count). The largest absolute Gasteiger partial charge is 0.481 e. The first-order valence-corrected chi connectivity index (χ1v) is 6.63. The zero-order chi connectivity index (χ0) is 15.8. The second-order valence-electron chi connectivity index (χ2n) is 4.03. The van der Waals surface area contributed by atoms with E-state index in [1.54, 1.807) is 0 Å². The molecule has 0 spiro atoms. The Morgan fingerprint density at radius 3 is 2.05 bits per heavy atom. The number of rotatable bonds is 2. The van der Waals surface area contributed by atoms with E-state index in [0.29, 0.717) is 5.56 Å². The Morgan fingerprint density at radius 2 is 1.57 bits per heavy atom. The van der Waals surface area contributed by atoms with Crippen LogP contribution in [0.4, 0.5) is 13.2 Å². The van der Waals surface area contributed by atoms with Gasteiger partial charge < -0.3 is 4.74 Å². The van der Waals surface area contributed by atoms with Gasteiger partial charge in [-0.1, -0.05) is 34.8 Å². The molecule has 2 aromatic rings. The number of hydrogen-bond donors (Lipinski definition) is 0. The average molecular weight is 357 g/mol. The molecule has 0 N–H and O–H groups in total. The maximum Gasteiger partial charge on any atom is 0.421 e. The number of halogens is 6. The average Bonchev–Trinajstić information content (AvgIpc) is 2.42. The van der Waals surface area contributed by atoms with Crippen LogP contribution in [0.3, 0.4) is 0 Å². The first-order chi connectivity index (χ1) is 9.74. The van der Waals surface area contributed by atoms with E-state index in [1.807, 2.05) is 0 Å². The Morgan fingerprint density at radius 1 is 1.00 bits per heavy atom. The smallest absolute Gasteiger partial charge is 0.421 e. The minimum atomic E-state index is -4.59. The molecule has 0 radical (unpaired) electrons. The lowest BCUT2D eigenvalue weighted by molar-refractivity contribution is -0.139. The molecule has 0 aliphatic carbocycles. The molecule has 0 bridgehead atoms. The standard InChI is InChI=1S/C13H7Cl3F3NO/c1-21-12-8(13(17,18)19)2-7(5-20-12)6-3-9(14)11(16)10(15)4-6/h2-5H,1H3. The van der Waals surface area contributed by atoms with Gasteiger partial charge in [0.25, 0.3) is 0 Å². The summed E-state index contributed by atoms with van der Waals surface area (Å²) >= 11 is 17.6. The highest BCUT2D eigenvalue weighted by Crippen LogP contribution is 2.39. The number of methoxy groups -OCH3 is 1. The molecule has 112 valence electrons. The van der Waals surface area contributed by atoms with E-state index >= 15 is 0 Å². The lowest BCUT2D eigenvalue weighted by Crippen LogP contribution is -2.09. The summed E-state index contributed by atoms with van der Waals surface area (Å²) in [6.45, 7) is 0. The van der Waals surface area contributed by atoms with Crippen molar-refractivity contribution < 1.29 is 17.9 Å². The van der Waals surface area contributed by atoms with Crippen molar-refractivity contribution in [2.45, 2.75) is 6.18 Å². The van der Waals surface area contributed by atoms with Crippen LogP contribution in [0.15, 0.2) is 24.4 Å².